The first-order valence-electron chi connectivity index (χ1n) is 21.6. The zero-order valence-electron chi connectivity index (χ0n) is 38.4. The van der Waals surface area contributed by atoms with Gasteiger partial charge in [0, 0.05) is 51.0 Å². The number of amides is 1. The molecule has 0 unspecified atom stereocenters. The first kappa shape index (κ1) is 51.4. The summed E-state index contributed by atoms with van der Waals surface area (Å²) in [5.74, 6) is -4.62. The van der Waals surface area contributed by atoms with E-state index in [-0.39, 0.29) is 37.2 Å². The van der Waals surface area contributed by atoms with Gasteiger partial charge >= 0.3 is 12.1 Å². The summed E-state index contributed by atoms with van der Waals surface area (Å²) in [5, 5.41) is 37.7. The van der Waals surface area contributed by atoms with Gasteiger partial charge in [0.15, 0.2) is 18.7 Å². The normalized spacial score (nSPS) is 44.4. The maximum Gasteiger partial charge on any atom is 0.407 e. The molecule has 1 amide bonds. The van der Waals surface area contributed by atoms with E-state index in [1.54, 1.807) is 48.5 Å². The number of hydrogen-bond donors (Lipinski definition) is 4. The number of esters is 1. The number of ether oxygens (including phenoxy) is 8. The van der Waals surface area contributed by atoms with E-state index in [1.807, 2.05) is 39.8 Å². The highest BCUT2D eigenvalue weighted by atomic mass is 16.7. The summed E-state index contributed by atoms with van der Waals surface area (Å²) < 4.78 is 50.6. The summed E-state index contributed by atoms with van der Waals surface area (Å²) in [6, 6.07) is -0.304. The highest BCUT2D eigenvalue weighted by Gasteiger charge is 2.55. The van der Waals surface area contributed by atoms with E-state index in [1.165, 1.54) is 21.1 Å². The van der Waals surface area contributed by atoms with Crippen LogP contribution in [0.4, 0.5) is 4.79 Å². The molecular formula is C43H78N2O14. The van der Waals surface area contributed by atoms with Gasteiger partial charge in [-0.05, 0) is 81.3 Å². The maximum atomic E-state index is 14.4. The van der Waals surface area contributed by atoms with Crippen LogP contribution in [-0.2, 0) is 47.5 Å². The van der Waals surface area contributed by atoms with Crippen molar-refractivity contribution in [1.82, 2.24) is 10.2 Å². The Morgan fingerprint density at radius 2 is 1.51 bits per heavy atom. The third kappa shape index (κ3) is 11.9. The van der Waals surface area contributed by atoms with E-state index in [2.05, 4.69) is 5.32 Å². The highest BCUT2D eigenvalue weighted by Crippen LogP contribution is 2.42. The monoisotopic (exact) mass is 847 g/mol. The van der Waals surface area contributed by atoms with Crippen molar-refractivity contribution in [3.63, 3.8) is 0 Å². The van der Waals surface area contributed by atoms with Gasteiger partial charge in [0.05, 0.1) is 42.0 Å². The van der Waals surface area contributed by atoms with Crippen LogP contribution in [0.3, 0.4) is 0 Å². The van der Waals surface area contributed by atoms with Crippen LogP contribution < -0.4 is 5.32 Å². The van der Waals surface area contributed by atoms with Gasteiger partial charge in [0.25, 0.3) is 0 Å². The minimum Gasteiger partial charge on any atom is -0.459 e. The second kappa shape index (κ2) is 21.4. The second-order valence-corrected chi connectivity index (χ2v) is 18.3. The summed E-state index contributed by atoms with van der Waals surface area (Å²) >= 11 is 0. The molecule has 3 rings (SSSR count). The predicted octanol–water partition coefficient (Wildman–Crippen LogP) is 3.97. The molecular weight excluding hydrogens is 768 g/mol. The lowest BCUT2D eigenvalue weighted by molar-refractivity contribution is -0.319. The molecule has 3 aliphatic heterocycles. The molecule has 0 aliphatic carbocycles. The summed E-state index contributed by atoms with van der Waals surface area (Å²) in [7, 11) is 6.77. The largest absolute Gasteiger partial charge is 0.459 e. The molecule has 0 spiro atoms. The minimum atomic E-state index is -1.99. The number of ketones is 1. The Balaban J connectivity index is 2.18. The summed E-state index contributed by atoms with van der Waals surface area (Å²) in [6.45, 7) is 19.6. The number of nitrogens with one attached hydrogen (secondary N) is 1. The quantitative estimate of drug-likeness (QED) is 0.162. The van der Waals surface area contributed by atoms with Gasteiger partial charge in [0.2, 0.25) is 0 Å². The van der Waals surface area contributed by atoms with E-state index < -0.39 is 108 Å². The molecule has 3 saturated heterocycles. The number of unbranched alkanes of at least 4 members (excludes halogenated alkanes) is 1. The fourth-order valence-electron chi connectivity index (χ4n) is 9.32. The number of carbonyl (C=O) groups is 3. The number of aliphatic hydroxyl groups is 3. The van der Waals surface area contributed by atoms with E-state index in [4.69, 9.17) is 37.9 Å². The third-order valence-corrected chi connectivity index (χ3v) is 13.3. The Morgan fingerprint density at radius 3 is 2.07 bits per heavy atom. The predicted molar refractivity (Wildman–Crippen MR) is 218 cm³/mol. The smallest absolute Gasteiger partial charge is 0.407 e. The molecule has 0 radical (unpaired) electrons. The molecule has 3 fully saturated rings. The van der Waals surface area contributed by atoms with Crippen LogP contribution in [0, 0.1) is 23.7 Å². The van der Waals surface area contributed by atoms with Crippen molar-refractivity contribution in [2.45, 2.75) is 199 Å². The van der Waals surface area contributed by atoms with Crippen LogP contribution in [0.5, 0.6) is 0 Å². The van der Waals surface area contributed by atoms with Gasteiger partial charge < -0.3 is 63.4 Å². The van der Waals surface area contributed by atoms with E-state index in [0.717, 1.165) is 12.8 Å². The molecule has 3 heterocycles. The number of rotatable bonds is 12. The Kier molecular flexibility index (Phi) is 18.6. The number of alkyl carbamates (subject to hydrolysis) is 1. The van der Waals surface area contributed by atoms with E-state index in [0.29, 0.717) is 13.0 Å². The molecule has 4 N–H and O–H groups in total. The average Bonchev–Trinajstić information content (AvgIpc) is 3.18. The number of Topliss-reactive ketones (excluding diaryl/α,β-unsaturated/α-hetero) is 1. The molecule has 18 atom stereocenters. The fraction of sp³-hybridized carbons (Fsp3) is 0.930. The number of nitrogens with zero attached hydrogens (tertiary/aromatic N) is 1. The van der Waals surface area contributed by atoms with Crippen LogP contribution in [-0.4, -0.2) is 157 Å². The number of methoxy groups -OCH3 is 2. The number of likely N-dealkylation sites (N-methyl/N-ethyl adjacent to an activating group) is 1. The topological polar surface area (TPSA) is 201 Å². The summed E-state index contributed by atoms with van der Waals surface area (Å²) in [4.78, 5) is 43.2. The Bertz CT molecular complexity index is 1370. The second-order valence-electron chi connectivity index (χ2n) is 18.3. The van der Waals surface area contributed by atoms with Gasteiger partial charge in [-0.15, -0.1) is 0 Å². The van der Waals surface area contributed by atoms with Crippen LogP contribution in [0.2, 0.25) is 0 Å². The van der Waals surface area contributed by atoms with Crippen LogP contribution >= 0.6 is 0 Å². The van der Waals surface area contributed by atoms with E-state index >= 15 is 0 Å². The molecule has 3 aliphatic rings. The molecule has 344 valence electrons. The van der Waals surface area contributed by atoms with Crippen molar-refractivity contribution in [3.05, 3.63) is 0 Å². The standard InChI is InChI=1S/C43H78N2O14/c1-16-18-19-44-40(50)59-37-28(8)55-31(22-42(37,10)53-15)57-34-26(6)36(58-39-33(47)29(45(12)13)20-24(4)54-39)41(9,52-14)21-23(3)32(46)25(5)35(48)43(11,51)30(17-2)56-38(49)27(34)7/h23-31,33-37,39,47-48,51H,16-22H2,1-15H3,(H,44,50)/t23-,24-,25+,26+,27-,28+,29+,30-,31+,33-,34+,35-,36-,37+,39+,41+,42-,43-/m1/s1. The molecule has 0 aromatic heterocycles. The number of aliphatic hydroxyl groups excluding tert-OH is 2. The molecule has 16 nitrogen and oxygen atoms in total. The lowest BCUT2D eigenvalue weighted by atomic mass is 9.74. The first-order chi connectivity index (χ1) is 27.4. The molecule has 16 heteroatoms. The summed E-state index contributed by atoms with van der Waals surface area (Å²) in [6.07, 6.45) is -7.88. The molecule has 0 aromatic rings. The maximum absolute atomic E-state index is 14.4. The Hall–Kier alpha value is -1.99. The number of hydrogen-bond acceptors (Lipinski definition) is 15. The summed E-state index contributed by atoms with van der Waals surface area (Å²) in [5.41, 5.74) is -4.36. The lowest BCUT2D eigenvalue weighted by Gasteiger charge is -2.50. The number of cyclic esters (lactones) is 1. The minimum absolute atomic E-state index is 0.0901. The van der Waals surface area contributed by atoms with E-state index in [9.17, 15) is 29.7 Å². The van der Waals surface area contributed by atoms with Gasteiger partial charge in [-0.1, -0.05) is 41.0 Å². The van der Waals surface area contributed by atoms with Crippen molar-refractivity contribution in [2.24, 2.45) is 23.7 Å². The molecule has 0 bridgehead atoms. The van der Waals surface area contributed by atoms with Crippen molar-refractivity contribution >= 4 is 17.8 Å². The van der Waals surface area contributed by atoms with Crippen molar-refractivity contribution < 1.29 is 67.6 Å². The zero-order chi connectivity index (χ0) is 44.8. The molecule has 0 aromatic carbocycles. The van der Waals surface area contributed by atoms with Gasteiger partial charge in [-0.2, -0.15) is 0 Å². The van der Waals surface area contributed by atoms with Crippen LogP contribution in [0.15, 0.2) is 0 Å². The zero-order valence-corrected chi connectivity index (χ0v) is 38.4. The number of carbonyl (C=O) groups excluding carboxylic acids is 3. The van der Waals surface area contributed by atoms with Crippen molar-refractivity contribution in [1.29, 1.82) is 0 Å². The lowest BCUT2D eigenvalue weighted by Crippen LogP contribution is -2.62. The highest BCUT2D eigenvalue weighted by molar-refractivity contribution is 5.83. The van der Waals surface area contributed by atoms with Crippen LogP contribution in [0.1, 0.15) is 115 Å². The SMILES string of the molecule is CCCCNC(=O)O[C@H]1[C@H](C)O[C@@H](O[C@H]2[C@H](C)[C@@H](O[C@@H]3O[C@H](C)C[C@H](N(C)C)[C@H]3O)[C@@](C)(OC)C[C@@H](C)C(=O)[C@H](C)[C@@H](O)[C@](C)(O)[C@@H](CC)OC(=O)[C@@H]2C)C[C@@]1(C)OC. The average molecular weight is 847 g/mol. The molecule has 59 heavy (non-hydrogen) atoms. The van der Waals surface area contributed by atoms with Crippen LogP contribution in [0.25, 0.3) is 0 Å². The fourth-order valence-corrected chi connectivity index (χ4v) is 9.32. The van der Waals surface area contributed by atoms with Crippen molar-refractivity contribution in [2.75, 3.05) is 34.9 Å². The Labute approximate surface area is 352 Å². The first-order valence-corrected chi connectivity index (χ1v) is 21.6. The van der Waals surface area contributed by atoms with Gasteiger partial charge in [-0.3, -0.25) is 9.59 Å². The van der Waals surface area contributed by atoms with Crippen molar-refractivity contribution in [3.8, 4) is 0 Å². The Morgan fingerprint density at radius 1 is 0.898 bits per heavy atom. The van der Waals surface area contributed by atoms with Gasteiger partial charge in [-0.25, -0.2) is 4.79 Å². The molecule has 0 saturated carbocycles. The third-order valence-electron chi connectivity index (χ3n) is 13.3. The van der Waals surface area contributed by atoms with Gasteiger partial charge in [0.1, 0.15) is 29.2 Å².